The highest BCUT2D eigenvalue weighted by atomic mass is 16.5. The summed E-state index contributed by atoms with van der Waals surface area (Å²) in [7, 11) is 1.55. The smallest absolute Gasteiger partial charge is 0.266 e. The number of nitrogens with zero attached hydrogens (tertiary/aromatic N) is 3. The molecule has 7 rings (SSSR count). The number of carbonyl (C=O) groups excluding carboxylic acids is 2. The number of aromatic nitrogens is 2. The Hall–Kier alpha value is -4.30. The standard InChI is InChI=1S/C30H26N4O4/c1-16(2)25-23-24(28(37)33(27(23)36)17-9-8-10-18(15-17)38-3)30(32-25)20-12-5-7-14-22(20)34-26(35)19-11-4-6-13-21(19)31-29(30)34/h4-16,23-25,32H,1-3H3/t23-,24-,25?,30?/m1/s1. The van der Waals surface area contributed by atoms with E-state index in [1.54, 1.807) is 42.0 Å². The Morgan fingerprint density at radius 3 is 2.50 bits per heavy atom. The molecule has 4 heterocycles. The fourth-order valence-corrected chi connectivity index (χ4v) is 6.73. The van der Waals surface area contributed by atoms with Gasteiger partial charge in [-0.1, -0.05) is 50.2 Å². The van der Waals surface area contributed by atoms with Crippen LogP contribution in [-0.4, -0.2) is 34.5 Å². The predicted molar refractivity (Wildman–Crippen MR) is 142 cm³/mol. The second-order valence-electron chi connectivity index (χ2n) is 10.5. The molecule has 4 atom stereocenters. The maximum atomic E-state index is 14.4. The number of anilines is 1. The van der Waals surface area contributed by atoms with Gasteiger partial charge in [0, 0.05) is 17.7 Å². The Labute approximate surface area is 218 Å². The van der Waals surface area contributed by atoms with E-state index < -0.39 is 17.4 Å². The van der Waals surface area contributed by atoms with Gasteiger partial charge in [0.15, 0.2) is 0 Å². The molecule has 1 aromatic heterocycles. The molecule has 190 valence electrons. The summed E-state index contributed by atoms with van der Waals surface area (Å²) in [5.41, 5.74) is 1.17. The third kappa shape index (κ3) is 2.73. The Kier molecular flexibility index (Phi) is 4.72. The number of benzene rings is 3. The molecule has 0 aliphatic carbocycles. The number of para-hydroxylation sites is 2. The van der Waals surface area contributed by atoms with E-state index in [4.69, 9.17) is 9.72 Å². The lowest BCUT2D eigenvalue weighted by molar-refractivity contribution is -0.123. The number of methoxy groups -OCH3 is 1. The highest BCUT2D eigenvalue weighted by Gasteiger charge is 2.70. The SMILES string of the molecule is COc1cccc(N2C(=O)[C@H]3C(C(C)C)NC4(c5ccccc5-n5c4nc4ccccc4c5=O)[C@H]3C2=O)c1. The maximum Gasteiger partial charge on any atom is 0.266 e. The van der Waals surface area contributed by atoms with Gasteiger partial charge in [0.05, 0.1) is 41.2 Å². The largest absolute Gasteiger partial charge is 0.497 e. The first-order chi connectivity index (χ1) is 18.4. The van der Waals surface area contributed by atoms with Crippen molar-refractivity contribution >= 4 is 28.4 Å². The van der Waals surface area contributed by atoms with Gasteiger partial charge in [0.1, 0.15) is 17.1 Å². The van der Waals surface area contributed by atoms with Crippen LogP contribution in [0, 0.1) is 17.8 Å². The average molecular weight is 507 g/mol. The summed E-state index contributed by atoms with van der Waals surface area (Å²) in [6, 6.07) is 21.5. The fraction of sp³-hybridized carbons (Fsp3) is 0.267. The number of nitrogens with one attached hydrogen (secondary N) is 1. The monoisotopic (exact) mass is 506 g/mol. The Bertz CT molecular complexity index is 1730. The van der Waals surface area contributed by atoms with Crippen LogP contribution in [0.2, 0.25) is 0 Å². The Morgan fingerprint density at radius 2 is 1.71 bits per heavy atom. The highest BCUT2D eigenvalue weighted by molar-refractivity contribution is 6.23. The number of hydrogen-bond donors (Lipinski definition) is 1. The summed E-state index contributed by atoms with van der Waals surface area (Å²) in [6.45, 7) is 4.09. The van der Waals surface area contributed by atoms with E-state index >= 15 is 0 Å². The van der Waals surface area contributed by atoms with Crippen molar-refractivity contribution in [3.05, 3.63) is 94.5 Å². The first-order valence-electron chi connectivity index (χ1n) is 12.8. The van der Waals surface area contributed by atoms with E-state index in [0.29, 0.717) is 33.9 Å². The number of rotatable bonds is 3. The third-order valence-electron chi connectivity index (χ3n) is 8.33. The maximum absolute atomic E-state index is 14.4. The van der Waals surface area contributed by atoms with Crippen LogP contribution in [0.15, 0.2) is 77.6 Å². The van der Waals surface area contributed by atoms with E-state index in [2.05, 4.69) is 5.32 Å². The molecular weight excluding hydrogens is 480 g/mol. The number of amides is 2. The minimum absolute atomic E-state index is 0.0391. The van der Waals surface area contributed by atoms with Crippen LogP contribution in [0.5, 0.6) is 5.75 Å². The molecule has 8 nitrogen and oxygen atoms in total. The molecule has 4 aromatic rings. The Morgan fingerprint density at radius 1 is 0.947 bits per heavy atom. The van der Waals surface area contributed by atoms with Crippen LogP contribution in [0.4, 0.5) is 5.69 Å². The number of fused-ring (bicyclic) bond motifs is 8. The van der Waals surface area contributed by atoms with Crippen molar-refractivity contribution in [1.29, 1.82) is 0 Å². The third-order valence-corrected chi connectivity index (χ3v) is 8.33. The minimum Gasteiger partial charge on any atom is -0.497 e. The molecule has 2 unspecified atom stereocenters. The second-order valence-corrected chi connectivity index (χ2v) is 10.5. The van der Waals surface area contributed by atoms with Gasteiger partial charge >= 0.3 is 0 Å². The van der Waals surface area contributed by atoms with Gasteiger partial charge in [-0.3, -0.25) is 24.3 Å². The fourth-order valence-electron chi connectivity index (χ4n) is 6.73. The lowest BCUT2D eigenvalue weighted by Gasteiger charge is -2.32. The van der Waals surface area contributed by atoms with E-state index in [1.807, 2.05) is 56.3 Å². The minimum atomic E-state index is -1.14. The zero-order valence-electron chi connectivity index (χ0n) is 21.2. The van der Waals surface area contributed by atoms with Crippen LogP contribution in [0.3, 0.4) is 0 Å². The van der Waals surface area contributed by atoms with Crippen LogP contribution in [-0.2, 0) is 15.1 Å². The van der Waals surface area contributed by atoms with Crippen LogP contribution < -0.4 is 20.5 Å². The van der Waals surface area contributed by atoms with E-state index in [1.165, 1.54) is 4.90 Å². The average Bonchev–Trinajstić information content (AvgIpc) is 3.52. The first-order valence-corrected chi connectivity index (χ1v) is 12.8. The van der Waals surface area contributed by atoms with Gasteiger partial charge in [-0.05, 0) is 36.2 Å². The van der Waals surface area contributed by atoms with Gasteiger partial charge in [0.2, 0.25) is 11.8 Å². The molecule has 1 spiro atoms. The molecule has 2 saturated heterocycles. The highest BCUT2D eigenvalue weighted by Crippen LogP contribution is 2.56. The van der Waals surface area contributed by atoms with Crippen molar-refractivity contribution in [3.8, 4) is 11.4 Å². The summed E-state index contributed by atoms with van der Waals surface area (Å²) in [4.78, 5) is 48.6. The topological polar surface area (TPSA) is 93.5 Å². The molecule has 3 aromatic carbocycles. The van der Waals surface area contributed by atoms with Crippen molar-refractivity contribution in [2.75, 3.05) is 12.0 Å². The lowest BCUT2D eigenvalue weighted by atomic mass is 9.75. The number of imide groups is 1. The summed E-state index contributed by atoms with van der Waals surface area (Å²) < 4.78 is 6.99. The molecular formula is C30H26N4O4. The molecule has 2 amide bonds. The van der Waals surface area contributed by atoms with Gasteiger partial charge in [0.25, 0.3) is 5.56 Å². The van der Waals surface area contributed by atoms with Crippen molar-refractivity contribution in [1.82, 2.24) is 14.9 Å². The molecule has 0 bridgehead atoms. The van der Waals surface area contributed by atoms with E-state index in [9.17, 15) is 14.4 Å². The quantitative estimate of drug-likeness (QED) is 0.428. The van der Waals surface area contributed by atoms with Crippen molar-refractivity contribution in [3.63, 3.8) is 0 Å². The van der Waals surface area contributed by atoms with E-state index in [0.717, 1.165) is 5.56 Å². The van der Waals surface area contributed by atoms with Crippen molar-refractivity contribution < 1.29 is 14.3 Å². The van der Waals surface area contributed by atoms with Crippen LogP contribution in [0.1, 0.15) is 25.2 Å². The summed E-state index contributed by atoms with van der Waals surface area (Å²) in [5.74, 6) is -0.922. The first kappa shape index (κ1) is 22.9. The molecule has 38 heavy (non-hydrogen) atoms. The summed E-state index contributed by atoms with van der Waals surface area (Å²) in [6.07, 6.45) is 0. The summed E-state index contributed by atoms with van der Waals surface area (Å²) >= 11 is 0. The molecule has 0 saturated carbocycles. The zero-order valence-corrected chi connectivity index (χ0v) is 21.2. The molecule has 3 aliphatic heterocycles. The Balaban J connectivity index is 1.52. The second kappa shape index (κ2) is 7.85. The molecule has 3 aliphatic rings. The van der Waals surface area contributed by atoms with Gasteiger partial charge in [-0.25, -0.2) is 9.88 Å². The molecule has 1 N–H and O–H groups in total. The van der Waals surface area contributed by atoms with Crippen molar-refractivity contribution in [2.24, 2.45) is 17.8 Å². The van der Waals surface area contributed by atoms with Gasteiger partial charge < -0.3 is 4.74 Å². The van der Waals surface area contributed by atoms with Crippen LogP contribution >= 0.6 is 0 Å². The molecule has 2 fully saturated rings. The normalized spacial score (nSPS) is 25.4. The number of ether oxygens (including phenoxy) is 1. The zero-order chi connectivity index (χ0) is 26.3. The van der Waals surface area contributed by atoms with Gasteiger partial charge in [-0.2, -0.15) is 0 Å². The molecule has 0 radical (unpaired) electrons. The number of hydrogen-bond acceptors (Lipinski definition) is 6. The number of carbonyl (C=O) groups is 2. The van der Waals surface area contributed by atoms with E-state index in [-0.39, 0.29) is 29.3 Å². The van der Waals surface area contributed by atoms with Gasteiger partial charge in [-0.15, -0.1) is 0 Å². The predicted octanol–water partition coefficient (Wildman–Crippen LogP) is 3.38. The lowest BCUT2D eigenvalue weighted by Crippen LogP contribution is -2.51. The van der Waals surface area contributed by atoms with Crippen molar-refractivity contribution in [2.45, 2.75) is 25.4 Å². The molecule has 8 heteroatoms. The summed E-state index contributed by atoms with van der Waals surface area (Å²) in [5, 5.41) is 4.22. The van der Waals surface area contributed by atoms with Crippen LogP contribution in [0.25, 0.3) is 16.6 Å².